The fourth-order valence-corrected chi connectivity index (χ4v) is 2.40. The molecule has 3 atom stereocenters. The summed E-state index contributed by atoms with van der Waals surface area (Å²) in [5.74, 6) is -0.783. The molecule has 0 aromatic heterocycles. The molecule has 0 spiro atoms. The number of unbranched alkanes of at least 4 members (excludes halogenated alkanes) is 2. The minimum Gasteiger partial charge on any atom is -0.459 e. The van der Waals surface area contributed by atoms with Crippen molar-refractivity contribution >= 4 is 18.2 Å². The van der Waals surface area contributed by atoms with Gasteiger partial charge in [0.05, 0.1) is 6.61 Å². The summed E-state index contributed by atoms with van der Waals surface area (Å²) in [5.41, 5.74) is 9.48. The smallest absolute Gasteiger partial charge is 0.405 e. The number of ether oxygens (including phenoxy) is 3. The molecule has 8 heteroatoms. The molecular weight excluding hydrogens is 328 g/mol. The molecule has 4 N–H and O–H groups in total. The van der Waals surface area contributed by atoms with Crippen LogP contribution >= 0.6 is 0 Å². The van der Waals surface area contributed by atoms with E-state index in [1.54, 1.807) is 20.8 Å². The van der Waals surface area contributed by atoms with Gasteiger partial charge in [-0.25, -0.2) is 14.4 Å². The van der Waals surface area contributed by atoms with Gasteiger partial charge < -0.3 is 25.7 Å². The van der Waals surface area contributed by atoms with Crippen molar-refractivity contribution in [3.8, 4) is 0 Å². The summed E-state index contributed by atoms with van der Waals surface area (Å²) in [4.78, 5) is 33.5. The van der Waals surface area contributed by atoms with Crippen LogP contribution in [0.4, 0.5) is 9.59 Å². The van der Waals surface area contributed by atoms with E-state index in [1.807, 2.05) is 6.92 Å². The van der Waals surface area contributed by atoms with E-state index in [4.69, 9.17) is 20.9 Å². The number of hydrogen-bond acceptors (Lipinski definition) is 6. The maximum absolute atomic E-state index is 11.7. The largest absolute Gasteiger partial charge is 0.459 e. The first-order valence-corrected chi connectivity index (χ1v) is 8.26. The molecule has 0 heterocycles. The van der Waals surface area contributed by atoms with Gasteiger partial charge in [-0.1, -0.05) is 13.5 Å². The van der Waals surface area contributed by atoms with Crippen LogP contribution in [0.3, 0.4) is 0 Å². The zero-order chi connectivity index (χ0) is 19.6. The first kappa shape index (κ1) is 22.8. The molecule has 0 aliphatic carbocycles. The number of rotatable bonds is 11. The quantitative estimate of drug-likeness (QED) is 0.253. The number of nitrogens with two attached hydrogens (primary N) is 2. The zero-order valence-corrected chi connectivity index (χ0v) is 15.5. The number of esters is 1. The maximum Gasteiger partial charge on any atom is 0.405 e. The molecule has 0 fully saturated rings. The van der Waals surface area contributed by atoms with Crippen LogP contribution in [-0.2, 0) is 19.0 Å². The molecule has 2 amide bonds. The maximum atomic E-state index is 11.7. The van der Waals surface area contributed by atoms with Gasteiger partial charge in [0.15, 0.2) is 0 Å². The lowest BCUT2D eigenvalue weighted by atomic mass is 9.82. The Bertz CT molecular complexity index is 494. The second kappa shape index (κ2) is 10.6. The Labute approximate surface area is 148 Å². The van der Waals surface area contributed by atoms with Crippen molar-refractivity contribution in [2.45, 2.75) is 65.1 Å². The average molecular weight is 358 g/mol. The first-order chi connectivity index (χ1) is 11.5. The molecule has 0 rings (SSSR count). The summed E-state index contributed by atoms with van der Waals surface area (Å²) in [7, 11) is 0. The van der Waals surface area contributed by atoms with Gasteiger partial charge in [0, 0.05) is 11.5 Å². The zero-order valence-electron chi connectivity index (χ0n) is 15.5. The Morgan fingerprint density at radius 2 is 1.68 bits per heavy atom. The number of hydrogen-bond donors (Lipinski definition) is 2. The van der Waals surface area contributed by atoms with Crippen LogP contribution in [0.15, 0.2) is 12.2 Å². The predicted octanol–water partition coefficient (Wildman–Crippen LogP) is 2.64. The third-order valence-electron chi connectivity index (χ3n) is 4.20. The van der Waals surface area contributed by atoms with E-state index in [0.717, 1.165) is 6.42 Å². The van der Waals surface area contributed by atoms with E-state index in [-0.39, 0.29) is 12.5 Å². The molecule has 25 heavy (non-hydrogen) atoms. The summed E-state index contributed by atoms with van der Waals surface area (Å²) >= 11 is 0. The molecule has 0 saturated carbocycles. The normalized spacial score (nSPS) is 15.4. The van der Waals surface area contributed by atoms with Crippen molar-refractivity contribution in [1.82, 2.24) is 0 Å². The van der Waals surface area contributed by atoms with Crippen molar-refractivity contribution < 1.29 is 28.6 Å². The SMILES string of the molecule is C=C(C)C(=O)OC(C)C(C)C(C)(CCCCCOC(N)=O)OC(N)=O. The Balaban J connectivity index is 4.71. The van der Waals surface area contributed by atoms with Gasteiger partial charge in [0.1, 0.15) is 11.7 Å². The van der Waals surface area contributed by atoms with Crippen molar-refractivity contribution in [3.63, 3.8) is 0 Å². The molecule has 0 aliphatic heterocycles. The monoisotopic (exact) mass is 358 g/mol. The van der Waals surface area contributed by atoms with E-state index in [9.17, 15) is 14.4 Å². The van der Waals surface area contributed by atoms with E-state index in [2.05, 4.69) is 11.3 Å². The Kier molecular flexibility index (Phi) is 9.63. The van der Waals surface area contributed by atoms with Gasteiger partial charge in [0.25, 0.3) is 0 Å². The third kappa shape index (κ3) is 8.97. The highest BCUT2D eigenvalue weighted by molar-refractivity contribution is 5.87. The highest BCUT2D eigenvalue weighted by Gasteiger charge is 2.39. The number of amides is 2. The number of primary amides is 2. The van der Waals surface area contributed by atoms with Gasteiger partial charge in [0.2, 0.25) is 0 Å². The number of carbonyl (C=O) groups excluding carboxylic acids is 3. The van der Waals surface area contributed by atoms with Crippen LogP contribution in [0.1, 0.15) is 53.4 Å². The molecule has 0 saturated heterocycles. The standard InChI is InChI=1S/C17H30N2O6/c1-11(2)14(20)24-13(4)12(3)17(5,25-16(19)22)9-7-6-8-10-23-15(18)21/h12-13H,1,6-10H2,2-5H3,(H2,18,21)(H2,19,22). The third-order valence-corrected chi connectivity index (χ3v) is 4.20. The lowest BCUT2D eigenvalue weighted by Crippen LogP contribution is -2.45. The van der Waals surface area contributed by atoms with E-state index in [0.29, 0.717) is 24.8 Å². The van der Waals surface area contributed by atoms with Crippen molar-refractivity contribution in [2.24, 2.45) is 17.4 Å². The molecule has 0 bridgehead atoms. The molecule has 8 nitrogen and oxygen atoms in total. The van der Waals surface area contributed by atoms with Crippen molar-refractivity contribution in [3.05, 3.63) is 12.2 Å². The fraction of sp³-hybridized carbons (Fsp3) is 0.706. The van der Waals surface area contributed by atoms with Crippen LogP contribution in [0.25, 0.3) is 0 Å². The summed E-state index contributed by atoms with van der Waals surface area (Å²) in [5, 5.41) is 0. The van der Waals surface area contributed by atoms with Gasteiger partial charge in [-0.2, -0.15) is 0 Å². The van der Waals surface area contributed by atoms with E-state index in [1.165, 1.54) is 0 Å². The van der Waals surface area contributed by atoms with E-state index < -0.39 is 29.9 Å². The van der Waals surface area contributed by atoms with Gasteiger partial charge in [-0.05, 0) is 46.5 Å². The van der Waals surface area contributed by atoms with Crippen LogP contribution in [0.5, 0.6) is 0 Å². The Morgan fingerprint density at radius 1 is 1.08 bits per heavy atom. The fourth-order valence-electron chi connectivity index (χ4n) is 2.40. The van der Waals surface area contributed by atoms with Crippen LogP contribution < -0.4 is 11.5 Å². The highest BCUT2D eigenvalue weighted by atomic mass is 16.6. The molecule has 0 aromatic rings. The highest BCUT2D eigenvalue weighted by Crippen LogP contribution is 2.32. The van der Waals surface area contributed by atoms with Gasteiger partial charge >= 0.3 is 18.2 Å². The molecule has 0 aromatic carbocycles. The average Bonchev–Trinajstić information content (AvgIpc) is 2.48. The summed E-state index contributed by atoms with van der Waals surface area (Å²) < 4.78 is 15.3. The van der Waals surface area contributed by atoms with Gasteiger partial charge in [-0.3, -0.25) is 0 Å². The lowest BCUT2D eigenvalue weighted by Gasteiger charge is -2.37. The molecule has 144 valence electrons. The molecule has 0 aliphatic rings. The molecule has 3 unspecified atom stereocenters. The second-order valence-electron chi connectivity index (χ2n) is 6.39. The van der Waals surface area contributed by atoms with E-state index >= 15 is 0 Å². The van der Waals surface area contributed by atoms with Crippen molar-refractivity contribution in [2.75, 3.05) is 6.61 Å². The topological polar surface area (TPSA) is 131 Å². The molecule has 0 radical (unpaired) electrons. The van der Waals surface area contributed by atoms with Crippen LogP contribution in [-0.4, -0.2) is 36.5 Å². The Hall–Kier alpha value is -2.25. The summed E-state index contributed by atoms with van der Waals surface area (Å²) in [6.07, 6.45) is 0.433. The summed E-state index contributed by atoms with van der Waals surface area (Å²) in [6.45, 7) is 10.7. The predicted molar refractivity (Wildman–Crippen MR) is 92.6 cm³/mol. The number of carbonyl (C=O) groups is 3. The minimum atomic E-state index is -0.898. The Morgan fingerprint density at radius 3 is 2.16 bits per heavy atom. The lowest BCUT2D eigenvalue weighted by molar-refractivity contribution is -0.151. The molecular formula is C17H30N2O6. The second-order valence-corrected chi connectivity index (χ2v) is 6.39. The first-order valence-electron chi connectivity index (χ1n) is 8.26. The van der Waals surface area contributed by atoms with Gasteiger partial charge in [-0.15, -0.1) is 0 Å². The van der Waals surface area contributed by atoms with Crippen molar-refractivity contribution in [1.29, 1.82) is 0 Å². The minimum absolute atomic E-state index is 0.241. The van der Waals surface area contributed by atoms with Crippen LogP contribution in [0.2, 0.25) is 0 Å². The summed E-state index contributed by atoms with van der Waals surface area (Å²) in [6, 6.07) is 0. The van der Waals surface area contributed by atoms with Crippen LogP contribution in [0, 0.1) is 5.92 Å².